The van der Waals surface area contributed by atoms with Crippen LogP contribution in [0.2, 0.25) is 0 Å². The molecule has 8 nitrogen and oxygen atoms in total. The van der Waals surface area contributed by atoms with Crippen LogP contribution >= 0.6 is 0 Å². The van der Waals surface area contributed by atoms with Crippen LogP contribution in [0, 0.1) is 12.8 Å². The highest BCUT2D eigenvalue weighted by atomic mass is 16.4. The van der Waals surface area contributed by atoms with Gasteiger partial charge >= 0.3 is 5.97 Å². The Morgan fingerprint density at radius 3 is 2.29 bits per heavy atom. The van der Waals surface area contributed by atoms with E-state index in [1.54, 1.807) is 25.1 Å². The number of carboxylic acids is 1. The van der Waals surface area contributed by atoms with Crippen LogP contribution in [0.3, 0.4) is 0 Å². The third-order valence-corrected chi connectivity index (χ3v) is 4.15. The Kier molecular flexibility index (Phi) is 8.63. The van der Waals surface area contributed by atoms with Crippen molar-refractivity contribution in [1.29, 1.82) is 0 Å². The predicted octanol–water partition coefficient (Wildman–Crippen LogP) is 2.03. The zero-order chi connectivity index (χ0) is 21.4. The first kappa shape index (κ1) is 23.1. The van der Waals surface area contributed by atoms with Crippen LogP contribution in [0.1, 0.15) is 50.0 Å². The maximum atomic E-state index is 12.9. The Morgan fingerprint density at radius 1 is 1.14 bits per heavy atom. The number of benzene rings is 1. The van der Waals surface area contributed by atoms with Crippen molar-refractivity contribution in [3.05, 3.63) is 29.3 Å². The molecule has 1 rings (SSSR count). The molecule has 28 heavy (non-hydrogen) atoms. The van der Waals surface area contributed by atoms with Gasteiger partial charge in [0.15, 0.2) is 0 Å². The number of amides is 3. The van der Waals surface area contributed by atoms with Gasteiger partial charge in [-0.3, -0.25) is 14.4 Å². The zero-order valence-electron chi connectivity index (χ0n) is 17.0. The van der Waals surface area contributed by atoms with Crippen molar-refractivity contribution >= 4 is 29.4 Å². The van der Waals surface area contributed by atoms with Gasteiger partial charge in [-0.05, 0) is 43.5 Å². The molecular formula is C20H29N3O5. The molecule has 8 heteroatoms. The Bertz CT molecular complexity index is 745. The van der Waals surface area contributed by atoms with Crippen molar-refractivity contribution in [3.63, 3.8) is 0 Å². The van der Waals surface area contributed by atoms with E-state index in [1.807, 2.05) is 13.8 Å². The highest BCUT2D eigenvalue weighted by Crippen LogP contribution is 2.19. The second kappa shape index (κ2) is 10.4. The van der Waals surface area contributed by atoms with Gasteiger partial charge in [0.2, 0.25) is 11.8 Å². The number of nitrogens with zero attached hydrogens (tertiary/aromatic N) is 1. The van der Waals surface area contributed by atoms with E-state index in [0.29, 0.717) is 23.2 Å². The summed E-state index contributed by atoms with van der Waals surface area (Å²) in [5.41, 5.74) is 1.63. The van der Waals surface area contributed by atoms with Gasteiger partial charge in [0.25, 0.3) is 5.91 Å². The van der Waals surface area contributed by atoms with Crippen LogP contribution in [0.25, 0.3) is 0 Å². The van der Waals surface area contributed by atoms with Gasteiger partial charge in [-0.1, -0.05) is 13.8 Å². The molecule has 0 aliphatic rings. The van der Waals surface area contributed by atoms with Crippen LogP contribution in [0.4, 0.5) is 5.69 Å². The molecule has 0 aliphatic carbocycles. The highest BCUT2D eigenvalue weighted by Gasteiger charge is 2.26. The molecule has 1 unspecified atom stereocenters. The standard InChI is InChI=1S/C20H29N3O5/c1-12(2)10-18(25)22-17-7-6-16(11-13(17)3)19(26)23(14(4)20(27)28)9-8-21-15(5)24/h6-7,11-12,14H,8-10H2,1-5H3,(H,21,24)(H,22,25)(H,27,28). The van der Waals surface area contributed by atoms with Crippen LogP contribution in [0.15, 0.2) is 18.2 Å². The lowest BCUT2D eigenvalue weighted by molar-refractivity contribution is -0.141. The van der Waals surface area contributed by atoms with Gasteiger partial charge in [0.05, 0.1) is 0 Å². The lowest BCUT2D eigenvalue weighted by Crippen LogP contribution is -2.46. The van der Waals surface area contributed by atoms with Crippen molar-refractivity contribution in [2.75, 3.05) is 18.4 Å². The zero-order valence-corrected chi connectivity index (χ0v) is 17.0. The molecule has 1 atom stereocenters. The molecule has 0 radical (unpaired) electrons. The van der Waals surface area contributed by atoms with Crippen molar-refractivity contribution in [3.8, 4) is 0 Å². The molecule has 3 N–H and O–H groups in total. The van der Waals surface area contributed by atoms with E-state index in [9.17, 15) is 24.3 Å². The topological polar surface area (TPSA) is 116 Å². The van der Waals surface area contributed by atoms with E-state index in [-0.39, 0.29) is 30.8 Å². The molecule has 0 spiro atoms. The number of aryl methyl sites for hydroxylation is 1. The first-order valence-corrected chi connectivity index (χ1v) is 9.21. The third kappa shape index (κ3) is 7.02. The second-order valence-electron chi connectivity index (χ2n) is 7.17. The summed E-state index contributed by atoms with van der Waals surface area (Å²) in [6.07, 6.45) is 0.396. The largest absolute Gasteiger partial charge is 0.480 e. The van der Waals surface area contributed by atoms with Gasteiger partial charge < -0.3 is 20.6 Å². The number of nitrogens with one attached hydrogen (secondary N) is 2. The minimum absolute atomic E-state index is 0.0673. The molecule has 0 saturated carbocycles. The first-order valence-electron chi connectivity index (χ1n) is 9.21. The normalized spacial score (nSPS) is 11.6. The number of carboxylic acid groups (broad SMARTS) is 1. The van der Waals surface area contributed by atoms with E-state index < -0.39 is 17.9 Å². The maximum absolute atomic E-state index is 12.9. The van der Waals surface area contributed by atoms with E-state index in [4.69, 9.17) is 0 Å². The fourth-order valence-electron chi connectivity index (χ4n) is 2.63. The number of hydrogen-bond acceptors (Lipinski definition) is 4. The molecule has 0 aliphatic heterocycles. The number of carbonyl (C=O) groups excluding carboxylic acids is 3. The molecule has 0 bridgehead atoms. The summed E-state index contributed by atoms with van der Waals surface area (Å²) in [5.74, 6) is -1.72. The van der Waals surface area contributed by atoms with Crippen molar-refractivity contribution in [2.45, 2.75) is 47.1 Å². The van der Waals surface area contributed by atoms with Crippen molar-refractivity contribution < 1.29 is 24.3 Å². The summed E-state index contributed by atoms with van der Waals surface area (Å²) in [6.45, 7) is 8.66. The van der Waals surface area contributed by atoms with Gasteiger partial charge in [-0.15, -0.1) is 0 Å². The first-order chi connectivity index (χ1) is 13.0. The number of hydrogen-bond donors (Lipinski definition) is 3. The van der Waals surface area contributed by atoms with Gasteiger partial charge in [0.1, 0.15) is 6.04 Å². The Balaban J connectivity index is 2.99. The number of aliphatic carboxylic acids is 1. The average Bonchev–Trinajstić information content (AvgIpc) is 2.58. The minimum Gasteiger partial charge on any atom is -0.480 e. The van der Waals surface area contributed by atoms with Crippen molar-refractivity contribution in [2.24, 2.45) is 5.92 Å². The fourth-order valence-corrected chi connectivity index (χ4v) is 2.63. The highest BCUT2D eigenvalue weighted by molar-refractivity contribution is 5.98. The second-order valence-corrected chi connectivity index (χ2v) is 7.17. The van der Waals surface area contributed by atoms with E-state index >= 15 is 0 Å². The molecule has 0 fully saturated rings. The van der Waals surface area contributed by atoms with Crippen LogP contribution in [-0.2, 0) is 14.4 Å². The molecule has 3 amide bonds. The summed E-state index contributed by atoms with van der Waals surface area (Å²) < 4.78 is 0. The maximum Gasteiger partial charge on any atom is 0.326 e. The summed E-state index contributed by atoms with van der Waals surface area (Å²) in [7, 11) is 0. The van der Waals surface area contributed by atoms with E-state index in [1.165, 1.54) is 18.7 Å². The predicted molar refractivity (Wildman–Crippen MR) is 106 cm³/mol. The quantitative estimate of drug-likeness (QED) is 0.596. The molecule has 154 valence electrons. The van der Waals surface area contributed by atoms with E-state index in [2.05, 4.69) is 10.6 Å². The van der Waals surface area contributed by atoms with Crippen LogP contribution < -0.4 is 10.6 Å². The van der Waals surface area contributed by atoms with Crippen molar-refractivity contribution in [1.82, 2.24) is 10.2 Å². The lowest BCUT2D eigenvalue weighted by Gasteiger charge is -2.27. The molecule has 0 heterocycles. The Morgan fingerprint density at radius 2 is 1.79 bits per heavy atom. The summed E-state index contributed by atoms with van der Waals surface area (Å²) in [6, 6.07) is 3.76. The molecule has 1 aromatic rings. The number of rotatable bonds is 9. The smallest absolute Gasteiger partial charge is 0.326 e. The van der Waals surface area contributed by atoms with E-state index in [0.717, 1.165) is 0 Å². The number of anilines is 1. The van der Waals surface area contributed by atoms with Crippen LogP contribution in [-0.4, -0.2) is 52.8 Å². The summed E-state index contributed by atoms with van der Waals surface area (Å²) >= 11 is 0. The molecular weight excluding hydrogens is 362 g/mol. The molecule has 1 aromatic carbocycles. The minimum atomic E-state index is -1.13. The van der Waals surface area contributed by atoms with Gasteiger partial charge in [-0.25, -0.2) is 4.79 Å². The summed E-state index contributed by atoms with van der Waals surface area (Å²) in [5, 5.41) is 14.7. The SMILES string of the molecule is CC(=O)NCCN(C(=O)c1ccc(NC(=O)CC(C)C)c(C)c1)C(C)C(=O)O. The summed E-state index contributed by atoms with van der Waals surface area (Å²) in [4.78, 5) is 48.4. The van der Waals surface area contributed by atoms with Crippen LogP contribution in [0.5, 0.6) is 0 Å². The third-order valence-electron chi connectivity index (χ3n) is 4.15. The Hall–Kier alpha value is -2.90. The Labute approximate surface area is 165 Å². The lowest BCUT2D eigenvalue weighted by atomic mass is 10.1. The fraction of sp³-hybridized carbons (Fsp3) is 0.500. The average molecular weight is 391 g/mol. The number of carbonyl (C=O) groups is 4. The molecule has 0 aromatic heterocycles. The molecule has 0 saturated heterocycles. The van der Waals surface area contributed by atoms with Gasteiger partial charge in [0, 0.05) is 37.7 Å². The van der Waals surface area contributed by atoms with Gasteiger partial charge in [-0.2, -0.15) is 0 Å². The monoisotopic (exact) mass is 391 g/mol.